The van der Waals surface area contributed by atoms with Gasteiger partial charge in [0.15, 0.2) is 0 Å². The Hall–Kier alpha value is -0.460. The zero-order chi connectivity index (χ0) is 22.6. The number of rotatable bonds is 21. The third-order valence-corrected chi connectivity index (χ3v) is 6.16. The summed E-state index contributed by atoms with van der Waals surface area (Å²) in [7, 11) is 0. The minimum atomic E-state index is -1.03. The van der Waals surface area contributed by atoms with Gasteiger partial charge in [0.2, 0.25) is 0 Å². The van der Waals surface area contributed by atoms with Gasteiger partial charge in [-0.25, -0.2) is 0 Å². The fourth-order valence-corrected chi connectivity index (χ4v) is 4.07. The standard InChI is InChI=1S/C26H50O5/c1-2-3-4-5-6-7-8-9-10-11-12-13-14-15-16-17-18-19-20-30-21-24(28)26-25(29)23(27)22-31-26/h7-8,23-29H,2-6,9-22H2,1H3/b8-7+/t23-,24+,25-,26-/m1/s1. The Labute approximate surface area is 191 Å². The van der Waals surface area contributed by atoms with Crippen LogP contribution < -0.4 is 0 Å². The highest BCUT2D eigenvalue weighted by Gasteiger charge is 2.39. The predicted molar refractivity (Wildman–Crippen MR) is 127 cm³/mol. The number of allylic oxidation sites excluding steroid dienone is 2. The fraction of sp³-hybridized carbons (Fsp3) is 0.923. The largest absolute Gasteiger partial charge is 0.388 e. The van der Waals surface area contributed by atoms with Gasteiger partial charge >= 0.3 is 0 Å². The van der Waals surface area contributed by atoms with E-state index in [0.29, 0.717) is 6.61 Å². The van der Waals surface area contributed by atoms with Crippen LogP contribution in [-0.4, -0.2) is 59.6 Å². The summed E-state index contributed by atoms with van der Waals surface area (Å²) in [4.78, 5) is 0. The Balaban J connectivity index is 1.75. The molecule has 1 aliphatic rings. The molecule has 0 radical (unpaired) electrons. The van der Waals surface area contributed by atoms with E-state index in [0.717, 1.165) is 12.8 Å². The summed E-state index contributed by atoms with van der Waals surface area (Å²) in [6.07, 6.45) is 22.0. The highest BCUT2D eigenvalue weighted by atomic mass is 16.5. The molecular formula is C26H50O5. The van der Waals surface area contributed by atoms with Crippen molar-refractivity contribution in [2.45, 2.75) is 134 Å². The number of aliphatic hydroxyl groups is 3. The van der Waals surface area contributed by atoms with E-state index in [9.17, 15) is 15.3 Å². The zero-order valence-electron chi connectivity index (χ0n) is 20.1. The van der Waals surface area contributed by atoms with E-state index in [1.807, 2.05) is 0 Å². The average Bonchev–Trinajstić information content (AvgIpc) is 3.10. The molecule has 0 aromatic carbocycles. The summed E-state index contributed by atoms with van der Waals surface area (Å²) >= 11 is 0. The molecule has 1 fully saturated rings. The third kappa shape index (κ3) is 15.1. The van der Waals surface area contributed by atoms with Crippen LogP contribution in [0.1, 0.15) is 110 Å². The second-order valence-electron chi connectivity index (χ2n) is 9.14. The molecule has 4 atom stereocenters. The van der Waals surface area contributed by atoms with E-state index >= 15 is 0 Å². The van der Waals surface area contributed by atoms with Crippen LogP contribution in [-0.2, 0) is 9.47 Å². The molecule has 0 aromatic rings. The molecule has 0 bridgehead atoms. The lowest BCUT2D eigenvalue weighted by Gasteiger charge is -2.20. The highest BCUT2D eigenvalue weighted by Crippen LogP contribution is 2.18. The van der Waals surface area contributed by atoms with Crippen LogP contribution in [0.25, 0.3) is 0 Å². The molecule has 0 aliphatic carbocycles. The number of unbranched alkanes of at least 4 members (excludes halogenated alkanes) is 14. The van der Waals surface area contributed by atoms with Crippen molar-refractivity contribution in [2.24, 2.45) is 0 Å². The first-order valence-electron chi connectivity index (χ1n) is 13.0. The van der Waals surface area contributed by atoms with E-state index in [-0.39, 0.29) is 13.2 Å². The second-order valence-corrected chi connectivity index (χ2v) is 9.14. The molecule has 1 saturated heterocycles. The molecule has 3 N–H and O–H groups in total. The Kier molecular flexibility index (Phi) is 18.6. The van der Waals surface area contributed by atoms with E-state index in [1.165, 1.54) is 89.9 Å². The van der Waals surface area contributed by atoms with Crippen molar-refractivity contribution in [1.29, 1.82) is 0 Å². The molecule has 1 heterocycles. The van der Waals surface area contributed by atoms with Crippen molar-refractivity contribution in [2.75, 3.05) is 19.8 Å². The van der Waals surface area contributed by atoms with Gasteiger partial charge in [0, 0.05) is 6.61 Å². The topological polar surface area (TPSA) is 79.2 Å². The molecule has 0 amide bonds. The summed E-state index contributed by atoms with van der Waals surface area (Å²) in [6.45, 7) is 3.09. The first-order chi connectivity index (χ1) is 15.2. The average molecular weight is 443 g/mol. The normalized spacial score (nSPS) is 22.5. The molecule has 31 heavy (non-hydrogen) atoms. The van der Waals surface area contributed by atoms with Crippen LogP contribution in [0.15, 0.2) is 12.2 Å². The van der Waals surface area contributed by atoms with Crippen molar-refractivity contribution >= 4 is 0 Å². The fourth-order valence-electron chi connectivity index (χ4n) is 4.07. The summed E-state index contributed by atoms with van der Waals surface area (Å²) < 4.78 is 10.7. The summed E-state index contributed by atoms with van der Waals surface area (Å²) in [5.74, 6) is 0. The zero-order valence-corrected chi connectivity index (χ0v) is 20.1. The van der Waals surface area contributed by atoms with Crippen molar-refractivity contribution < 1.29 is 24.8 Å². The molecule has 0 aromatic heterocycles. The van der Waals surface area contributed by atoms with E-state index < -0.39 is 24.4 Å². The molecule has 5 heteroatoms. The number of aliphatic hydroxyl groups excluding tert-OH is 3. The van der Waals surface area contributed by atoms with Crippen LogP contribution in [0.2, 0.25) is 0 Å². The van der Waals surface area contributed by atoms with Gasteiger partial charge in [-0.3, -0.25) is 0 Å². The van der Waals surface area contributed by atoms with Crippen LogP contribution in [0.3, 0.4) is 0 Å². The van der Waals surface area contributed by atoms with Crippen LogP contribution in [0, 0.1) is 0 Å². The van der Waals surface area contributed by atoms with Gasteiger partial charge in [-0.05, 0) is 32.1 Å². The summed E-state index contributed by atoms with van der Waals surface area (Å²) in [5.41, 5.74) is 0. The van der Waals surface area contributed by atoms with Gasteiger partial charge in [-0.15, -0.1) is 0 Å². The number of hydrogen-bond acceptors (Lipinski definition) is 5. The van der Waals surface area contributed by atoms with Gasteiger partial charge in [0.05, 0.1) is 13.2 Å². The molecule has 0 spiro atoms. The first kappa shape index (κ1) is 28.6. The second kappa shape index (κ2) is 20.2. The molecule has 1 aliphatic heterocycles. The minimum absolute atomic E-state index is 0.0689. The molecule has 0 saturated carbocycles. The van der Waals surface area contributed by atoms with Crippen LogP contribution >= 0.6 is 0 Å². The quantitative estimate of drug-likeness (QED) is 0.166. The van der Waals surface area contributed by atoms with Gasteiger partial charge in [0.25, 0.3) is 0 Å². The maximum Gasteiger partial charge on any atom is 0.114 e. The summed E-state index contributed by atoms with van der Waals surface area (Å²) in [5, 5.41) is 29.1. The van der Waals surface area contributed by atoms with Crippen molar-refractivity contribution in [1.82, 2.24) is 0 Å². The van der Waals surface area contributed by atoms with Crippen LogP contribution in [0.4, 0.5) is 0 Å². The minimum Gasteiger partial charge on any atom is -0.388 e. The number of hydrogen-bond donors (Lipinski definition) is 3. The van der Waals surface area contributed by atoms with Gasteiger partial charge in [0.1, 0.15) is 24.4 Å². The maximum absolute atomic E-state index is 9.96. The molecule has 1 rings (SSSR count). The third-order valence-electron chi connectivity index (χ3n) is 6.16. The molecular weight excluding hydrogens is 392 g/mol. The number of ether oxygens (including phenoxy) is 2. The highest BCUT2D eigenvalue weighted by molar-refractivity contribution is 4.87. The predicted octanol–water partition coefficient (Wildman–Crippen LogP) is 5.30. The van der Waals surface area contributed by atoms with E-state index in [4.69, 9.17) is 9.47 Å². The van der Waals surface area contributed by atoms with E-state index in [2.05, 4.69) is 19.1 Å². The Morgan fingerprint density at radius 2 is 1.32 bits per heavy atom. The summed E-state index contributed by atoms with van der Waals surface area (Å²) in [6, 6.07) is 0. The van der Waals surface area contributed by atoms with Crippen molar-refractivity contribution in [3.8, 4) is 0 Å². The Bertz CT molecular complexity index is 415. The monoisotopic (exact) mass is 442 g/mol. The van der Waals surface area contributed by atoms with Crippen molar-refractivity contribution in [3.63, 3.8) is 0 Å². The van der Waals surface area contributed by atoms with Gasteiger partial charge < -0.3 is 24.8 Å². The SMILES string of the molecule is CCCCCC/C=C/CCCCCCCCCCCCOC[C@H](O)[C@H]1OC[C@@H](O)[C@H]1O. The molecule has 184 valence electrons. The van der Waals surface area contributed by atoms with E-state index in [1.54, 1.807) is 0 Å². The first-order valence-corrected chi connectivity index (χ1v) is 13.0. The smallest absolute Gasteiger partial charge is 0.114 e. The Morgan fingerprint density at radius 1 is 0.806 bits per heavy atom. The van der Waals surface area contributed by atoms with Crippen molar-refractivity contribution in [3.05, 3.63) is 12.2 Å². The molecule has 5 nitrogen and oxygen atoms in total. The molecule has 0 unspecified atom stereocenters. The lowest BCUT2D eigenvalue weighted by molar-refractivity contribution is -0.0813. The lowest BCUT2D eigenvalue weighted by atomic mass is 10.1. The maximum atomic E-state index is 9.96. The van der Waals surface area contributed by atoms with Crippen LogP contribution in [0.5, 0.6) is 0 Å². The Morgan fingerprint density at radius 3 is 1.84 bits per heavy atom. The van der Waals surface area contributed by atoms with Gasteiger partial charge in [-0.2, -0.15) is 0 Å². The van der Waals surface area contributed by atoms with Gasteiger partial charge in [-0.1, -0.05) is 89.7 Å². The lowest BCUT2D eigenvalue weighted by Crippen LogP contribution is -2.40.